The van der Waals surface area contributed by atoms with Gasteiger partial charge in [-0.2, -0.15) is 17.6 Å². The number of carbonyl (C=O) groups is 1. The van der Waals surface area contributed by atoms with Crippen molar-refractivity contribution in [3.8, 4) is 11.1 Å². The molecule has 2 bridgehead atoms. The molecule has 2 aliphatic heterocycles. The number of pyridine rings is 2. The van der Waals surface area contributed by atoms with Gasteiger partial charge in [-0.05, 0) is 61.1 Å². The molecule has 2 aromatic heterocycles. The number of aromatic nitrogens is 2. The van der Waals surface area contributed by atoms with Crippen molar-refractivity contribution in [2.75, 3.05) is 5.32 Å². The van der Waals surface area contributed by atoms with Gasteiger partial charge in [-0.15, -0.1) is 0 Å². The van der Waals surface area contributed by atoms with Gasteiger partial charge in [-0.25, -0.2) is 18.6 Å². The molecule has 35 heavy (non-hydrogen) atoms. The maximum absolute atomic E-state index is 14.8. The molecule has 182 valence electrons. The molecular formula is C24H18F6N4O. The molecule has 0 aliphatic carbocycles. The van der Waals surface area contributed by atoms with Crippen molar-refractivity contribution in [1.29, 1.82) is 0 Å². The van der Waals surface area contributed by atoms with Gasteiger partial charge in [0.1, 0.15) is 11.6 Å². The summed E-state index contributed by atoms with van der Waals surface area (Å²) in [6.07, 6.45) is 0.400. The molecule has 1 aromatic carbocycles. The van der Waals surface area contributed by atoms with Gasteiger partial charge in [0.15, 0.2) is 0 Å². The fourth-order valence-electron chi connectivity index (χ4n) is 5.00. The number of piperidine rings is 1. The van der Waals surface area contributed by atoms with E-state index < -0.39 is 52.6 Å². The molecule has 2 atom stereocenters. The fourth-order valence-corrected chi connectivity index (χ4v) is 5.00. The number of fused-ring (bicyclic) bond motifs is 4. The van der Waals surface area contributed by atoms with Crippen LogP contribution in [-0.2, 0) is 12.6 Å². The maximum atomic E-state index is 14.8. The van der Waals surface area contributed by atoms with E-state index in [4.69, 9.17) is 0 Å². The van der Waals surface area contributed by atoms with E-state index in [2.05, 4.69) is 15.3 Å². The summed E-state index contributed by atoms with van der Waals surface area (Å²) in [6, 6.07) is 2.01. The SMILES string of the molecule is O=C(Nc1cc(-c2cncc(F)c2)c(C(F)(F)F)cc1F)N1[C@H]2CCC[C@@H]1c1ccnc(F)c1C2. The average molecular weight is 492 g/mol. The van der Waals surface area contributed by atoms with Crippen molar-refractivity contribution in [1.82, 2.24) is 14.9 Å². The third kappa shape index (κ3) is 4.19. The minimum absolute atomic E-state index is 0.223. The lowest BCUT2D eigenvalue weighted by molar-refractivity contribution is -0.137. The number of nitrogens with one attached hydrogen (secondary N) is 1. The van der Waals surface area contributed by atoms with Crippen LogP contribution in [0, 0.1) is 17.6 Å². The number of hydrogen-bond acceptors (Lipinski definition) is 3. The normalized spacial score (nSPS) is 19.3. The van der Waals surface area contributed by atoms with Crippen LogP contribution in [0.1, 0.15) is 42.0 Å². The van der Waals surface area contributed by atoms with E-state index in [1.54, 1.807) is 6.07 Å². The number of anilines is 1. The van der Waals surface area contributed by atoms with Crippen molar-refractivity contribution >= 4 is 11.7 Å². The van der Waals surface area contributed by atoms with Crippen LogP contribution in [-0.4, -0.2) is 26.9 Å². The standard InChI is InChI=1S/C24H18F6N4O/c25-13-6-12(10-31-11-13)16-8-20(19(26)9-18(16)24(28,29)30)33-23(35)34-14-2-1-3-21(34)15-4-5-32-22(27)17(15)7-14/h4-6,8-11,14,21H,1-3,7H2,(H,33,35)/t14-,21+/m0/s1. The van der Waals surface area contributed by atoms with Gasteiger partial charge >= 0.3 is 12.2 Å². The molecule has 3 aromatic rings. The zero-order valence-electron chi connectivity index (χ0n) is 18.0. The number of rotatable bonds is 2. The van der Waals surface area contributed by atoms with Crippen LogP contribution in [0.2, 0.25) is 0 Å². The Bertz CT molecular complexity index is 1310. The summed E-state index contributed by atoms with van der Waals surface area (Å²) in [5.41, 5.74) is -1.52. The minimum atomic E-state index is -4.93. The number of nitrogens with zero attached hydrogens (tertiary/aromatic N) is 3. The molecule has 11 heteroatoms. The number of hydrogen-bond donors (Lipinski definition) is 1. The maximum Gasteiger partial charge on any atom is 0.417 e. The van der Waals surface area contributed by atoms with Gasteiger partial charge in [-0.3, -0.25) is 4.98 Å². The lowest BCUT2D eigenvalue weighted by Gasteiger charge is -2.46. The lowest BCUT2D eigenvalue weighted by Crippen LogP contribution is -2.51. The second kappa shape index (κ2) is 8.54. The average Bonchev–Trinajstić information content (AvgIpc) is 2.80. The van der Waals surface area contributed by atoms with Crippen molar-refractivity contribution in [2.45, 2.75) is 43.9 Å². The first-order valence-electron chi connectivity index (χ1n) is 10.9. The second-order valence-corrected chi connectivity index (χ2v) is 8.58. The summed E-state index contributed by atoms with van der Waals surface area (Å²) < 4.78 is 83.6. The van der Waals surface area contributed by atoms with Crippen LogP contribution in [0.5, 0.6) is 0 Å². The Morgan fingerprint density at radius 1 is 1.09 bits per heavy atom. The molecule has 5 rings (SSSR count). The monoisotopic (exact) mass is 492 g/mol. The molecule has 2 amide bonds. The van der Waals surface area contributed by atoms with E-state index >= 15 is 0 Å². The third-order valence-corrected chi connectivity index (χ3v) is 6.49. The largest absolute Gasteiger partial charge is 0.417 e. The Labute approximate surface area is 195 Å². The molecule has 0 spiro atoms. The summed E-state index contributed by atoms with van der Waals surface area (Å²) in [5, 5.41) is 2.38. The number of urea groups is 1. The lowest BCUT2D eigenvalue weighted by atomic mass is 9.81. The molecule has 0 saturated carbocycles. The van der Waals surface area contributed by atoms with Crippen LogP contribution >= 0.6 is 0 Å². The molecule has 2 aliphatic rings. The van der Waals surface area contributed by atoms with Crippen molar-refractivity contribution in [2.24, 2.45) is 0 Å². The van der Waals surface area contributed by atoms with Gasteiger partial charge in [0.2, 0.25) is 5.95 Å². The van der Waals surface area contributed by atoms with E-state index in [0.29, 0.717) is 24.0 Å². The summed E-state index contributed by atoms with van der Waals surface area (Å²) in [6.45, 7) is 0. The number of amides is 2. The summed E-state index contributed by atoms with van der Waals surface area (Å²) >= 11 is 0. The van der Waals surface area contributed by atoms with E-state index in [9.17, 15) is 31.1 Å². The van der Waals surface area contributed by atoms with Crippen LogP contribution in [0.3, 0.4) is 0 Å². The summed E-state index contributed by atoms with van der Waals surface area (Å²) in [4.78, 5) is 22.0. The molecule has 1 fully saturated rings. The van der Waals surface area contributed by atoms with E-state index in [-0.39, 0.29) is 24.1 Å². The molecule has 1 saturated heterocycles. The number of halogens is 6. The van der Waals surface area contributed by atoms with Gasteiger partial charge in [-0.1, -0.05) is 0 Å². The van der Waals surface area contributed by atoms with Crippen LogP contribution < -0.4 is 5.32 Å². The highest BCUT2D eigenvalue weighted by atomic mass is 19.4. The first kappa shape index (κ1) is 23.1. The Balaban J connectivity index is 1.52. The predicted octanol–water partition coefficient (Wildman–Crippen LogP) is 6.26. The van der Waals surface area contributed by atoms with E-state index in [1.165, 1.54) is 11.1 Å². The highest BCUT2D eigenvalue weighted by molar-refractivity contribution is 5.91. The Kier molecular flexibility index (Phi) is 5.65. The molecule has 4 heterocycles. The zero-order valence-corrected chi connectivity index (χ0v) is 18.0. The molecule has 5 nitrogen and oxygen atoms in total. The third-order valence-electron chi connectivity index (χ3n) is 6.49. The van der Waals surface area contributed by atoms with Gasteiger partial charge < -0.3 is 10.2 Å². The van der Waals surface area contributed by atoms with Gasteiger partial charge in [0, 0.05) is 29.6 Å². The smallest absolute Gasteiger partial charge is 0.314 e. The van der Waals surface area contributed by atoms with Gasteiger partial charge in [0.25, 0.3) is 0 Å². The van der Waals surface area contributed by atoms with E-state index in [0.717, 1.165) is 30.9 Å². The summed E-state index contributed by atoms with van der Waals surface area (Å²) in [7, 11) is 0. The molecular weight excluding hydrogens is 474 g/mol. The minimum Gasteiger partial charge on any atom is -0.314 e. The molecule has 1 N–H and O–H groups in total. The highest BCUT2D eigenvalue weighted by Gasteiger charge is 2.42. The second-order valence-electron chi connectivity index (χ2n) is 8.58. The first-order chi connectivity index (χ1) is 16.6. The van der Waals surface area contributed by atoms with Crippen molar-refractivity contribution in [3.63, 3.8) is 0 Å². The molecule has 0 unspecified atom stereocenters. The Morgan fingerprint density at radius 2 is 1.89 bits per heavy atom. The van der Waals surface area contributed by atoms with Crippen molar-refractivity contribution in [3.05, 3.63) is 77.1 Å². The van der Waals surface area contributed by atoms with Crippen LogP contribution in [0.15, 0.2) is 42.9 Å². The Hall–Kier alpha value is -3.63. The first-order valence-corrected chi connectivity index (χ1v) is 10.9. The summed E-state index contributed by atoms with van der Waals surface area (Å²) in [5.74, 6) is -2.76. The predicted molar refractivity (Wildman–Crippen MR) is 114 cm³/mol. The number of benzene rings is 1. The zero-order chi connectivity index (χ0) is 24.9. The Morgan fingerprint density at radius 3 is 2.63 bits per heavy atom. The van der Waals surface area contributed by atoms with Crippen molar-refractivity contribution < 1.29 is 31.1 Å². The number of alkyl halides is 3. The quantitative estimate of drug-likeness (QED) is 0.339. The molecule has 0 radical (unpaired) electrons. The number of carbonyl (C=O) groups excluding carboxylic acids is 1. The topological polar surface area (TPSA) is 58.1 Å². The van der Waals surface area contributed by atoms with Gasteiger partial charge in [0.05, 0.1) is 23.5 Å². The van der Waals surface area contributed by atoms with Crippen LogP contribution in [0.4, 0.5) is 36.8 Å². The van der Waals surface area contributed by atoms with Crippen LogP contribution in [0.25, 0.3) is 11.1 Å². The highest BCUT2D eigenvalue weighted by Crippen LogP contribution is 2.43. The fraction of sp³-hybridized carbons (Fsp3) is 0.292. The van der Waals surface area contributed by atoms with E-state index in [1.807, 2.05) is 0 Å².